The van der Waals surface area contributed by atoms with Crippen LogP contribution in [0.1, 0.15) is 33.1 Å². The van der Waals surface area contributed by atoms with E-state index in [0.717, 1.165) is 27.1 Å². The molecule has 1 aliphatic heterocycles. The fraction of sp³-hybridized carbons (Fsp3) is 0.333. The first-order valence-corrected chi connectivity index (χ1v) is 11.3. The molecule has 1 aromatic carbocycles. The Morgan fingerprint density at radius 2 is 1.81 bits per heavy atom. The first kappa shape index (κ1) is 19.7. The van der Waals surface area contributed by atoms with E-state index in [-0.39, 0.29) is 0 Å². The van der Waals surface area contributed by atoms with Crippen molar-refractivity contribution in [2.75, 3.05) is 18.4 Å². The molecule has 4 aromatic rings. The lowest BCUT2D eigenvalue weighted by Crippen LogP contribution is -2.21. The van der Waals surface area contributed by atoms with Gasteiger partial charge in [-0.15, -0.1) is 22.7 Å². The lowest BCUT2D eigenvalue weighted by atomic mass is 10.2. The number of rotatable bonds is 2. The maximum atomic E-state index is 4.35. The molecule has 27 heavy (non-hydrogen) atoms. The van der Waals surface area contributed by atoms with Gasteiger partial charge >= 0.3 is 0 Å². The van der Waals surface area contributed by atoms with Gasteiger partial charge in [-0.3, -0.25) is 0 Å². The lowest BCUT2D eigenvalue weighted by molar-refractivity contribution is 0.520. The van der Waals surface area contributed by atoms with Crippen LogP contribution in [0.25, 0.3) is 20.4 Å². The number of piperidine rings is 1. The molecule has 0 radical (unpaired) electrons. The summed E-state index contributed by atoms with van der Waals surface area (Å²) in [6.45, 7) is 6.50. The predicted molar refractivity (Wildman–Crippen MR) is 121 cm³/mol. The lowest BCUT2D eigenvalue weighted by Gasteiger charge is -2.08. The molecule has 142 valence electrons. The summed E-state index contributed by atoms with van der Waals surface area (Å²) in [6.07, 6.45) is 6.05. The molecule has 0 spiro atoms. The second-order valence-electron chi connectivity index (χ2n) is 5.97. The second kappa shape index (κ2) is 10.3. The largest absolute Gasteiger partial charge is 0.355 e. The summed E-state index contributed by atoms with van der Waals surface area (Å²) in [6, 6.07) is 10.3. The number of hydrogen-bond acceptors (Lipinski definition) is 6. The van der Waals surface area contributed by atoms with E-state index in [1.54, 1.807) is 22.7 Å². The molecule has 4 heterocycles. The van der Waals surface area contributed by atoms with Crippen molar-refractivity contribution in [3.63, 3.8) is 0 Å². The third kappa shape index (κ3) is 5.25. The predicted octanol–water partition coefficient (Wildman–Crippen LogP) is 6.44. The van der Waals surface area contributed by atoms with Crippen LogP contribution < -0.4 is 10.6 Å². The highest BCUT2D eigenvalue weighted by Crippen LogP contribution is 2.29. The number of thiophene rings is 1. The fourth-order valence-corrected chi connectivity index (χ4v) is 4.30. The van der Waals surface area contributed by atoms with E-state index >= 15 is 0 Å². The molecule has 0 aliphatic carbocycles. The Morgan fingerprint density at radius 3 is 2.56 bits per heavy atom. The molecule has 0 saturated carbocycles. The fourth-order valence-electron chi connectivity index (χ4n) is 2.88. The molecule has 0 atom stereocenters. The molecule has 0 bridgehead atoms. The topological polar surface area (TPSA) is 49.8 Å². The Bertz CT molecular complexity index is 945. The summed E-state index contributed by atoms with van der Waals surface area (Å²) in [5.41, 5.74) is 5.04. The molecule has 1 aliphatic rings. The summed E-state index contributed by atoms with van der Waals surface area (Å²) in [4.78, 5) is 9.75. The number of hydrogen-bond donors (Lipinski definition) is 2. The third-order valence-electron chi connectivity index (χ3n) is 4.18. The monoisotopic (exact) mass is 398 g/mol. The van der Waals surface area contributed by atoms with Gasteiger partial charge in [0.05, 0.1) is 21.4 Å². The van der Waals surface area contributed by atoms with E-state index in [9.17, 15) is 0 Å². The number of nitrogens with one attached hydrogen (secondary N) is 2. The van der Waals surface area contributed by atoms with Crippen molar-refractivity contribution in [1.82, 2.24) is 15.3 Å². The van der Waals surface area contributed by atoms with Gasteiger partial charge in [0, 0.05) is 17.3 Å². The molecular formula is C21H26N4S2. The first-order chi connectivity index (χ1) is 13.4. The molecule has 5 rings (SSSR count). The van der Waals surface area contributed by atoms with E-state index in [4.69, 9.17) is 0 Å². The van der Waals surface area contributed by atoms with Gasteiger partial charge in [0.2, 0.25) is 0 Å². The van der Waals surface area contributed by atoms with Crippen molar-refractivity contribution in [3.05, 3.63) is 47.4 Å². The molecule has 2 N–H and O–H groups in total. The molecule has 0 unspecified atom stereocenters. The molecule has 1 fully saturated rings. The molecule has 1 saturated heterocycles. The maximum absolute atomic E-state index is 4.35. The summed E-state index contributed by atoms with van der Waals surface area (Å²) >= 11 is 3.31. The van der Waals surface area contributed by atoms with Gasteiger partial charge in [-0.2, -0.15) is 0 Å². The van der Waals surface area contributed by atoms with Crippen molar-refractivity contribution < 1.29 is 0 Å². The van der Waals surface area contributed by atoms with Crippen LogP contribution in [-0.2, 0) is 0 Å². The van der Waals surface area contributed by atoms with Crippen LogP contribution in [-0.4, -0.2) is 23.1 Å². The van der Waals surface area contributed by atoms with Crippen molar-refractivity contribution in [2.24, 2.45) is 0 Å². The average Bonchev–Trinajstić information content (AvgIpc) is 3.41. The van der Waals surface area contributed by atoms with Crippen LogP contribution in [0.2, 0.25) is 0 Å². The van der Waals surface area contributed by atoms with Crippen LogP contribution >= 0.6 is 22.7 Å². The van der Waals surface area contributed by atoms with Gasteiger partial charge in [0.15, 0.2) is 0 Å². The Balaban J connectivity index is 0.000000223. The summed E-state index contributed by atoms with van der Waals surface area (Å²) in [5, 5.41) is 9.95. The zero-order valence-corrected chi connectivity index (χ0v) is 17.5. The van der Waals surface area contributed by atoms with Crippen LogP contribution in [0.15, 0.2) is 47.4 Å². The number of nitrogens with zero attached hydrogens (tertiary/aromatic N) is 2. The van der Waals surface area contributed by atoms with E-state index in [1.165, 1.54) is 37.1 Å². The molecule has 3 aromatic heterocycles. The molecule has 6 heteroatoms. The summed E-state index contributed by atoms with van der Waals surface area (Å²) in [5.74, 6) is 0. The number of pyridine rings is 1. The van der Waals surface area contributed by atoms with E-state index < -0.39 is 0 Å². The van der Waals surface area contributed by atoms with E-state index in [1.807, 2.05) is 31.6 Å². The van der Waals surface area contributed by atoms with Gasteiger partial charge in [-0.25, -0.2) is 9.97 Å². The van der Waals surface area contributed by atoms with Gasteiger partial charge < -0.3 is 10.6 Å². The maximum Gasteiger partial charge on any atom is 0.125 e. The van der Waals surface area contributed by atoms with Crippen molar-refractivity contribution in [3.8, 4) is 0 Å². The highest BCUT2D eigenvalue weighted by atomic mass is 32.1. The van der Waals surface area contributed by atoms with Crippen LogP contribution in [0.3, 0.4) is 0 Å². The van der Waals surface area contributed by atoms with Gasteiger partial charge in [0.1, 0.15) is 4.83 Å². The van der Waals surface area contributed by atoms with Gasteiger partial charge in [-0.05, 0) is 61.6 Å². The third-order valence-corrected chi connectivity index (χ3v) is 5.82. The number of fused-ring (bicyclic) bond motifs is 2. The zero-order valence-electron chi connectivity index (χ0n) is 15.9. The second-order valence-corrected chi connectivity index (χ2v) is 7.75. The normalized spacial score (nSPS) is 13.4. The minimum Gasteiger partial charge on any atom is -0.355 e. The quantitative estimate of drug-likeness (QED) is 0.408. The molecule has 4 nitrogen and oxygen atoms in total. The van der Waals surface area contributed by atoms with Crippen LogP contribution in [0.5, 0.6) is 0 Å². The summed E-state index contributed by atoms with van der Waals surface area (Å²) in [7, 11) is 0. The standard InChI is InChI=1S/C14H9N3S2.C5H11N.C2H6/c1-2-13-12(16-8-19-13)7-9(1)17-11-3-5-15-14-10(11)4-6-18-14;1-2-4-6-5-3-1;1-2/h1-8H,(H,15,17);6H,1-5H2;1-2H3. The Hall–Kier alpha value is -2.02. The highest BCUT2D eigenvalue weighted by Gasteiger charge is 2.04. The number of thiazole rings is 1. The highest BCUT2D eigenvalue weighted by molar-refractivity contribution is 7.17. The van der Waals surface area contributed by atoms with Crippen LogP contribution in [0, 0.1) is 0 Å². The van der Waals surface area contributed by atoms with Crippen LogP contribution in [0.4, 0.5) is 11.4 Å². The Kier molecular flexibility index (Phi) is 7.56. The van der Waals surface area contributed by atoms with Crippen molar-refractivity contribution in [1.29, 1.82) is 0 Å². The van der Waals surface area contributed by atoms with E-state index in [2.05, 4.69) is 50.2 Å². The van der Waals surface area contributed by atoms with Crippen molar-refractivity contribution in [2.45, 2.75) is 33.1 Å². The Labute approximate surface area is 168 Å². The number of benzene rings is 1. The zero-order chi connectivity index (χ0) is 18.9. The Morgan fingerprint density at radius 1 is 0.963 bits per heavy atom. The van der Waals surface area contributed by atoms with E-state index in [0.29, 0.717) is 0 Å². The minimum atomic E-state index is 1.03. The SMILES string of the molecule is C1CCNCC1.CC.c1cc(Nc2ccc3scnc3c2)c2ccsc2n1. The number of anilines is 2. The number of aromatic nitrogens is 2. The molecular weight excluding hydrogens is 372 g/mol. The van der Waals surface area contributed by atoms with Gasteiger partial charge in [-0.1, -0.05) is 20.3 Å². The first-order valence-electron chi connectivity index (χ1n) is 9.53. The van der Waals surface area contributed by atoms with Gasteiger partial charge in [0.25, 0.3) is 0 Å². The minimum absolute atomic E-state index is 1.03. The van der Waals surface area contributed by atoms with Crippen molar-refractivity contribution >= 4 is 54.5 Å². The average molecular weight is 399 g/mol. The summed E-state index contributed by atoms with van der Waals surface area (Å²) < 4.78 is 1.21. The smallest absolute Gasteiger partial charge is 0.125 e. The molecule has 0 amide bonds.